The maximum atomic E-state index is 13.0. The normalized spacial score (nSPS) is 16.9. The molecule has 6 heteroatoms. The van der Waals surface area contributed by atoms with Crippen molar-refractivity contribution < 1.29 is 14.3 Å². The summed E-state index contributed by atoms with van der Waals surface area (Å²) < 4.78 is 11.3. The molecule has 0 spiro atoms. The number of hydrogen-bond donors (Lipinski definition) is 0. The van der Waals surface area contributed by atoms with Crippen LogP contribution in [0.5, 0.6) is 11.5 Å². The minimum atomic E-state index is -0.0356. The van der Waals surface area contributed by atoms with Gasteiger partial charge in [0.15, 0.2) is 16.7 Å². The topological polar surface area (TPSA) is 51.1 Å². The van der Waals surface area contributed by atoms with Gasteiger partial charge in [-0.25, -0.2) is 4.99 Å². The summed E-state index contributed by atoms with van der Waals surface area (Å²) in [6, 6.07) is 15.4. The highest BCUT2D eigenvalue weighted by Crippen LogP contribution is 2.36. The molecule has 0 saturated carbocycles. The Morgan fingerprint density at radius 2 is 1.72 bits per heavy atom. The number of amides is 1. The van der Waals surface area contributed by atoms with Gasteiger partial charge in [-0.15, -0.1) is 0 Å². The zero-order valence-corrected chi connectivity index (χ0v) is 18.0. The second-order valence-electron chi connectivity index (χ2n) is 6.68. The summed E-state index contributed by atoms with van der Waals surface area (Å²) in [6.45, 7) is 8.97. The first-order valence-electron chi connectivity index (χ1n) is 9.80. The molecule has 1 saturated heterocycles. The fraction of sp³-hybridized carbons (Fsp3) is 0.304. The fourth-order valence-electron chi connectivity index (χ4n) is 2.94. The second-order valence-corrected chi connectivity index (χ2v) is 7.69. The SMILES string of the molecule is CCOc1ccc(/C=C2/SC(=Nc3ccccc3)N(C(C)C)C2=O)cc1OCC. The molecule has 1 aliphatic heterocycles. The van der Waals surface area contributed by atoms with Gasteiger partial charge >= 0.3 is 0 Å². The van der Waals surface area contributed by atoms with Crippen LogP contribution in [-0.2, 0) is 4.79 Å². The number of rotatable bonds is 7. The molecule has 5 nitrogen and oxygen atoms in total. The molecule has 0 aliphatic carbocycles. The number of para-hydroxylation sites is 1. The number of thioether (sulfide) groups is 1. The first kappa shape index (κ1) is 21.0. The number of carbonyl (C=O) groups excluding carboxylic acids is 1. The minimum absolute atomic E-state index is 0.0164. The van der Waals surface area contributed by atoms with Gasteiger partial charge in [-0.2, -0.15) is 0 Å². The zero-order valence-electron chi connectivity index (χ0n) is 17.2. The Bertz CT molecular complexity index is 923. The van der Waals surface area contributed by atoms with Crippen LogP contribution in [0.25, 0.3) is 6.08 Å². The minimum Gasteiger partial charge on any atom is -0.490 e. The van der Waals surface area contributed by atoms with E-state index in [9.17, 15) is 4.79 Å². The van der Waals surface area contributed by atoms with Crippen LogP contribution in [0, 0.1) is 0 Å². The van der Waals surface area contributed by atoms with Crippen molar-refractivity contribution in [3.63, 3.8) is 0 Å². The highest BCUT2D eigenvalue weighted by molar-refractivity contribution is 8.18. The van der Waals surface area contributed by atoms with E-state index in [0.717, 1.165) is 11.3 Å². The molecule has 0 N–H and O–H groups in total. The lowest BCUT2D eigenvalue weighted by molar-refractivity contribution is -0.123. The molecule has 1 amide bonds. The summed E-state index contributed by atoms with van der Waals surface area (Å²) in [5.41, 5.74) is 1.71. The second kappa shape index (κ2) is 9.65. The van der Waals surface area contributed by atoms with Crippen LogP contribution in [0.2, 0.25) is 0 Å². The lowest BCUT2D eigenvalue weighted by atomic mass is 10.1. The van der Waals surface area contributed by atoms with Crippen LogP contribution in [0.4, 0.5) is 5.69 Å². The third kappa shape index (κ3) is 5.01. The van der Waals surface area contributed by atoms with Gasteiger partial charge in [-0.3, -0.25) is 9.69 Å². The number of aliphatic imine (C=N–C) groups is 1. The molecule has 2 aromatic carbocycles. The molecule has 152 valence electrons. The van der Waals surface area contributed by atoms with E-state index in [1.807, 2.05) is 82.3 Å². The van der Waals surface area contributed by atoms with Crippen molar-refractivity contribution in [2.45, 2.75) is 33.7 Å². The van der Waals surface area contributed by atoms with Crippen molar-refractivity contribution in [3.05, 3.63) is 59.0 Å². The van der Waals surface area contributed by atoms with E-state index in [0.29, 0.717) is 34.8 Å². The van der Waals surface area contributed by atoms with Crippen LogP contribution in [0.1, 0.15) is 33.3 Å². The summed E-state index contributed by atoms with van der Waals surface area (Å²) >= 11 is 1.39. The van der Waals surface area contributed by atoms with E-state index in [4.69, 9.17) is 9.47 Å². The van der Waals surface area contributed by atoms with Crippen molar-refractivity contribution in [2.75, 3.05) is 13.2 Å². The van der Waals surface area contributed by atoms with Crippen molar-refractivity contribution in [1.82, 2.24) is 4.90 Å². The zero-order chi connectivity index (χ0) is 20.8. The van der Waals surface area contributed by atoms with Gasteiger partial charge in [0.25, 0.3) is 5.91 Å². The van der Waals surface area contributed by atoms with Gasteiger partial charge in [0.05, 0.1) is 23.8 Å². The van der Waals surface area contributed by atoms with Gasteiger partial charge < -0.3 is 9.47 Å². The van der Waals surface area contributed by atoms with Crippen molar-refractivity contribution in [3.8, 4) is 11.5 Å². The molecule has 0 bridgehead atoms. The Morgan fingerprint density at radius 3 is 2.38 bits per heavy atom. The summed E-state index contributed by atoms with van der Waals surface area (Å²) in [5, 5.41) is 0.693. The van der Waals surface area contributed by atoms with Crippen LogP contribution >= 0.6 is 11.8 Å². The molecule has 0 aromatic heterocycles. The van der Waals surface area contributed by atoms with Crippen LogP contribution < -0.4 is 9.47 Å². The fourth-order valence-corrected chi connectivity index (χ4v) is 4.06. The third-order valence-electron chi connectivity index (χ3n) is 4.20. The molecule has 0 atom stereocenters. The number of amidine groups is 1. The van der Waals surface area contributed by atoms with E-state index in [1.54, 1.807) is 4.90 Å². The molecule has 0 radical (unpaired) electrons. The summed E-state index contributed by atoms with van der Waals surface area (Å²) in [6.07, 6.45) is 1.88. The Balaban J connectivity index is 1.94. The first-order chi connectivity index (χ1) is 14.0. The van der Waals surface area contributed by atoms with E-state index < -0.39 is 0 Å². The standard InChI is InChI=1S/C23H26N2O3S/c1-5-27-19-13-12-17(14-20(19)28-6-2)15-21-22(26)25(16(3)4)23(29-21)24-18-10-8-7-9-11-18/h7-16H,5-6H2,1-4H3/b21-15+,24-23?. The number of carbonyl (C=O) groups is 1. The average Bonchev–Trinajstić information content (AvgIpc) is 3.00. The van der Waals surface area contributed by atoms with E-state index in [2.05, 4.69) is 4.99 Å². The third-order valence-corrected chi connectivity index (χ3v) is 5.18. The summed E-state index contributed by atoms with van der Waals surface area (Å²) in [7, 11) is 0. The number of hydrogen-bond acceptors (Lipinski definition) is 5. The Morgan fingerprint density at radius 1 is 1.03 bits per heavy atom. The summed E-state index contributed by atoms with van der Waals surface area (Å²) in [4.78, 5) is 20.1. The van der Waals surface area contributed by atoms with E-state index in [1.165, 1.54) is 11.8 Å². The maximum Gasteiger partial charge on any atom is 0.266 e. The average molecular weight is 411 g/mol. The Labute approximate surface area is 176 Å². The van der Waals surface area contributed by atoms with Crippen molar-refractivity contribution in [1.29, 1.82) is 0 Å². The molecule has 3 rings (SSSR count). The Kier molecular flexibility index (Phi) is 6.99. The van der Waals surface area contributed by atoms with Gasteiger partial charge in [-0.05, 0) is 75.4 Å². The smallest absolute Gasteiger partial charge is 0.266 e. The maximum absolute atomic E-state index is 13.0. The van der Waals surface area contributed by atoms with Gasteiger partial charge in [0.1, 0.15) is 0 Å². The van der Waals surface area contributed by atoms with Gasteiger partial charge in [0, 0.05) is 6.04 Å². The first-order valence-corrected chi connectivity index (χ1v) is 10.6. The molecule has 29 heavy (non-hydrogen) atoms. The van der Waals surface area contributed by atoms with Crippen molar-refractivity contribution >= 4 is 34.6 Å². The molecule has 1 heterocycles. The molecule has 1 aliphatic rings. The molecular formula is C23H26N2O3S. The number of benzene rings is 2. The highest BCUT2D eigenvalue weighted by atomic mass is 32.2. The van der Waals surface area contributed by atoms with Crippen LogP contribution in [-0.4, -0.2) is 35.2 Å². The monoisotopic (exact) mass is 410 g/mol. The number of nitrogens with zero attached hydrogens (tertiary/aromatic N) is 2. The van der Waals surface area contributed by atoms with Crippen molar-refractivity contribution in [2.24, 2.45) is 4.99 Å². The van der Waals surface area contributed by atoms with Crippen LogP contribution in [0.15, 0.2) is 58.4 Å². The Hall–Kier alpha value is -2.73. The predicted octanol–water partition coefficient (Wildman–Crippen LogP) is 5.50. The largest absolute Gasteiger partial charge is 0.490 e. The van der Waals surface area contributed by atoms with Crippen LogP contribution in [0.3, 0.4) is 0 Å². The van der Waals surface area contributed by atoms with E-state index in [-0.39, 0.29) is 11.9 Å². The number of ether oxygens (including phenoxy) is 2. The van der Waals surface area contributed by atoms with Gasteiger partial charge in [-0.1, -0.05) is 24.3 Å². The molecule has 1 fully saturated rings. The molecular weight excluding hydrogens is 384 g/mol. The highest BCUT2D eigenvalue weighted by Gasteiger charge is 2.35. The lowest BCUT2D eigenvalue weighted by Crippen LogP contribution is -2.35. The predicted molar refractivity (Wildman–Crippen MR) is 120 cm³/mol. The molecule has 2 aromatic rings. The summed E-state index contributed by atoms with van der Waals surface area (Å²) in [5.74, 6) is 1.35. The van der Waals surface area contributed by atoms with E-state index >= 15 is 0 Å². The molecule has 0 unspecified atom stereocenters. The quantitative estimate of drug-likeness (QED) is 0.566. The van der Waals surface area contributed by atoms with Gasteiger partial charge in [0.2, 0.25) is 0 Å². The lowest BCUT2D eigenvalue weighted by Gasteiger charge is -2.19.